The molecule has 0 aromatic heterocycles. The number of nitrogens with one attached hydrogen (secondary N) is 1. The Morgan fingerprint density at radius 1 is 1.32 bits per heavy atom. The fraction of sp³-hybridized carbons (Fsp3) is 0.588. The highest BCUT2D eigenvalue weighted by Gasteiger charge is 2.24. The summed E-state index contributed by atoms with van der Waals surface area (Å²) >= 11 is 1.45. The smallest absolute Gasteiger partial charge is 0.255 e. The number of likely N-dealkylation sites (tertiary alicyclic amines) is 1. The molecule has 6 nitrogen and oxygen atoms in total. The van der Waals surface area contributed by atoms with Crippen LogP contribution in [0.1, 0.15) is 36.5 Å². The summed E-state index contributed by atoms with van der Waals surface area (Å²) in [5, 5.41) is 0. The van der Waals surface area contributed by atoms with Crippen molar-refractivity contribution in [3.63, 3.8) is 0 Å². The number of amides is 1. The van der Waals surface area contributed by atoms with Crippen LogP contribution in [0.4, 0.5) is 0 Å². The van der Waals surface area contributed by atoms with Gasteiger partial charge in [-0.15, -0.1) is 11.8 Å². The van der Waals surface area contributed by atoms with Crippen molar-refractivity contribution in [3.05, 3.63) is 23.8 Å². The molecule has 1 aromatic rings. The summed E-state index contributed by atoms with van der Waals surface area (Å²) in [4.78, 5) is 15.6. The van der Waals surface area contributed by atoms with E-state index in [1.807, 2.05) is 11.2 Å². The van der Waals surface area contributed by atoms with E-state index < -0.39 is 10.0 Å². The number of rotatable bonds is 7. The zero-order valence-corrected chi connectivity index (χ0v) is 16.6. The maximum Gasteiger partial charge on any atom is 0.255 e. The predicted molar refractivity (Wildman–Crippen MR) is 99.6 cm³/mol. The third kappa shape index (κ3) is 5.20. The molecule has 1 aromatic carbocycles. The minimum atomic E-state index is -3.70. The van der Waals surface area contributed by atoms with Crippen LogP contribution < -0.4 is 4.72 Å². The Bertz CT molecular complexity index is 701. The van der Waals surface area contributed by atoms with Crippen molar-refractivity contribution >= 4 is 27.7 Å². The Labute approximate surface area is 154 Å². The lowest BCUT2D eigenvalue weighted by atomic mass is 10.1. The normalized spacial score (nSPS) is 16.7. The van der Waals surface area contributed by atoms with Gasteiger partial charge in [-0.3, -0.25) is 4.79 Å². The number of carbonyl (C=O) groups excluding carboxylic acids is 1. The van der Waals surface area contributed by atoms with Gasteiger partial charge in [-0.2, -0.15) is 0 Å². The molecule has 1 fully saturated rings. The molecule has 1 saturated heterocycles. The maximum absolute atomic E-state index is 12.9. The summed E-state index contributed by atoms with van der Waals surface area (Å²) in [7, 11) is -2.18. The first-order valence-corrected chi connectivity index (χ1v) is 11.1. The Morgan fingerprint density at radius 2 is 2.00 bits per heavy atom. The van der Waals surface area contributed by atoms with Gasteiger partial charge in [0.2, 0.25) is 10.0 Å². The number of hydrogen-bond acceptors (Lipinski definition) is 5. The van der Waals surface area contributed by atoms with Gasteiger partial charge in [-0.05, 0) is 50.6 Å². The number of nitrogens with zero attached hydrogens (tertiary/aromatic N) is 1. The third-order valence-corrected chi connectivity index (χ3v) is 6.51. The zero-order valence-electron chi connectivity index (χ0n) is 14.9. The average Bonchev–Trinajstić information content (AvgIpc) is 2.61. The average molecular weight is 387 g/mol. The Balaban J connectivity index is 2.31. The van der Waals surface area contributed by atoms with E-state index in [0.717, 1.165) is 37.2 Å². The van der Waals surface area contributed by atoms with Gasteiger partial charge < -0.3 is 9.64 Å². The molecule has 140 valence electrons. The molecule has 25 heavy (non-hydrogen) atoms. The molecule has 1 aliphatic rings. The molecule has 0 aliphatic carbocycles. The number of sulfonamides is 1. The topological polar surface area (TPSA) is 75.7 Å². The second-order valence-corrected chi connectivity index (χ2v) is 8.75. The quantitative estimate of drug-likeness (QED) is 0.728. The van der Waals surface area contributed by atoms with Crippen LogP contribution in [0, 0.1) is 0 Å². The molecule has 0 radical (unpaired) electrons. The van der Waals surface area contributed by atoms with E-state index >= 15 is 0 Å². The number of thioether (sulfide) groups is 1. The fourth-order valence-electron chi connectivity index (χ4n) is 2.91. The molecule has 0 spiro atoms. The molecule has 1 N–H and O–H groups in total. The molecule has 1 aliphatic heterocycles. The highest BCUT2D eigenvalue weighted by Crippen LogP contribution is 2.26. The lowest BCUT2D eigenvalue weighted by Crippen LogP contribution is -2.37. The standard InChI is InChI=1S/C17H26N2O4S2/c1-13(12-23-2)18-25(21,22)14-7-8-16(24-3)15(11-14)17(20)19-9-5-4-6-10-19/h7-8,11,13,18H,4-6,9-10,12H2,1-3H3/t13-/m1/s1. The van der Waals surface area contributed by atoms with Crippen molar-refractivity contribution in [3.8, 4) is 0 Å². The highest BCUT2D eigenvalue weighted by molar-refractivity contribution is 7.98. The van der Waals surface area contributed by atoms with E-state index in [2.05, 4.69) is 4.72 Å². The first-order valence-electron chi connectivity index (χ1n) is 8.37. The zero-order chi connectivity index (χ0) is 18.4. The van der Waals surface area contributed by atoms with Crippen molar-refractivity contribution in [1.82, 2.24) is 9.62 Å². The van der Waals surface area contributed by atoms with Gasteiger partial charge in [0, 0.05) is 31.1 Å². The molecule has 2 rings (SSSR count). The predicted octanol–water partition coefficient (Wildman–Crippen LogP) is 2.35. The number of ether oxygens (including phenoxy) is 1. The maximum atomic E-state index is 12.9. The summed E-state index contributed by atoms with van der Waals surface area (Å²) in [5.41, 5.74) is 0.455. The Hall–Kier alpha value is -1.09. The van der Waals surface area contributed by atoms with Crippen LogP contribution in [0.2, 0.25) is 0 Å². The minimum Gasteiger partial charge on any atom is -0.383 e. The third-order valence-electron chi connectivity index (χ3n) is 4.13. The second-order valence-electron chi connectivity index (χ2n) is 6.19. The first kappa shape index (κ1) is 20.2. The summed E-state index contributed by atoms with van der Waals surface area (Å²) in [5.74, 6) is -0.0916. The minimum absolute atomic E-state index is 0.0916. The van der Waals surface area contributed by atoms with Crippen LogP contribution in [0.25, 0.3) is 0 Å². The molecule has 8 heteroatoms. The van der Waals surface area contributed by atoms with E-state index in [0.29, 0.717) is 5.56 Å². The van der Waals surface area contributed by atoms with Crippen LogP contribution in [0.3, 0.4) is 0 Å². The summed E-state index contributed by atoms with van der Waals surface area (Å²) in [6.07, 6.45) is 5.01. The van der Waals surface area contributed by atoms with E-state index in [1.165, 1.54) is 24.9 Å². The van der Waals surface area contributed by atoms with Gasteiger partial charge in [0.05, 0.1) is 17.1 Å². The van der Waals surface area contributed by atoms with Gasteiger partial charge in [-0.1, -0.05) is 0 Å². The lowest BCUT2D eigenvalue weighted by Gasteiger charge is -2.27. The van der Waals surface area contributed by atoms with Crippen molar-refractivity contribution in [2.75, 3.05) is 33.1 Å². The van der Waals surface area contributed by atoms with Crippen molar-refractivity contribution < 1.29 is 17.9 Å². The lowest BCUT2D eigenvalue weighted by molar-refractivity contribution is 0.0720. The molecule has 0 bridgehead atoms. The number of hydrogen-bond donors (Lipinski definition) is 1. The number of methoxy groups -OCH3 is 1. The van der Waals surface area contributed by atoms with Gasteiger partial charge in [-0.25, -0.2) is 13.1 Å². The number of piperidine rings is 1. The van der Waals surface area contributed by atoms with Crippen LogP contribution in [-0.2, 0) is 14.8 Å². The summed E-state index contributed by atoms with van der Waals surface area (Å²) < 4.78 is 32.7. The molecular weight excluding hydrogens is 360 g/mol. The van der Waals surface area contributed by atoms with Crippen LogP contribution in [0.15, 0.2) is 28.0 Å². The van der Waals surface area contributed by atoms with Crippen LogP contribution in [0.5, 0.6) is 0 Å². The van der Waals surface area contributed by atoms with E-state index in [9.17, 15) is 13.2 Å². The van der Waals surface area contributed by atoms with Crippen LogP contribution >= 0.6 is 11.8 Å². The largest absolute Gasteiger partial charge is 0.383 e. The van der Waals surface area contributed by atoms with Gasteiger partial charge >= 0.3 is 0 Å². The summed E-state index contributed by atoms with van der Waals surface area (Å²) in [6, 6.07) is 4.39. The SMILES string of the molecule is COC[C@@H](C)NS(=O)(=O)c1ccc(SC)c(C(=O)N2CCCCC2)c1. The van der Waals surface area contributed by atoms with Crippen molar-refractivity contribution in [2.24, 2.45) is 0 Å². The summed E-state index contributed by atoms with van der Waals surface area (Å²) in [6.45, 7) is 3.47. The second kappa shape index (κ2) is 9.02. The monoisotopic (exact) mass is 386 g/mol. The van der Waals surface area contributed by atoms with E-state index in [-0.39, 0.29) is 23.5 Å². The molecule has 1 amide bonds. The Morgan fingerprint density at radius 3 is 2.60 bits per heavy atom. The van der Waals surface area contributed by atoms with Gasteiger partial charge in [0.25, 0.3) is 5.91 Å². The number of benzene rings is 1. The van der Waals surface area contributed by atoms with Crippen molar-refractivity contribution in [1.29, 1.82) is 0 Å². The molecular formula is C17H26N2O4S2. The highest BCUT2D eigenvalue weighted by atomic mass is 32.2. The Kier molecular flexibility index (Phi) is 7.30. The van der Waals surface area contributed by atoms with Crippen molar-refractivity contribution in [2.45, 2.75) is 42.0 Å². The molecule has 0 unspecified atom stereocenters. The number of carbonyl (C=O) groups is 1. The first-order chi connectivity index (χ1) is 11.9. The van der Waals surface area contributed by atoms with E-state index in [1.54, 1.807) is 19.1 Å². The van der Waals surface area contributed by atoms with Crippen LogP contribution in [-0.4, -0.2) is 58.3 Å². The molecule has 0 saturated carbocycles. The van der Waals surface area contributed by atoms with Gasteiger partial charge in [0.15, 0.2) is 0 Å². The fourth-order valence-corrected chi connectivity index (χ4v) is 4.73. The molecule has 1 atom stereocenters. The van der Waals surface area contributed by atoms with Gasteiger partial charge in [0.1, 0.15) is 0 Å². The molecule has 1 heterocycles. The van der Waals surface area contributed by atoms with E-state index in [4.69, 9.17) is 4.74 Å².